The van der Waals surface area contributed by atoms with E-state index in [-0.39, 0.29) is 11.4 Å². The number of benzene rings is 1. The molecular weight excluding hydrogens is 244 g/mol. The maximum Gasteiger partial charge on any atom is 0.251 e. The van der Waals surface area contributed by atoms with Crippen molar-refractivity contribution < 1.29 is 4.79 Å². The fourth-order valence-electron chi connectivity index (χ4n) is 1.56. The van der Waals surface area contributed by atoms with E-state index in [9.17, 15) is 4.79 Å². The van der Waals surface area contributed by atoms with Crippen LogP contribution in [0.3, 0.4) is 0 Å². The summed E-state index contributed by atoms with van der Waals surface area (Å²) in [5.74, 6) is -0.0595. The van der Waals surface area contributed by atoms with Crippen LogP contribution in [0.4, 0.5) is 0 Å². The second-order valence-electron chi connectivity index (χ2n) is 4.66. The van der Waals surface area contributed by atoms with Crippen molar-refractivity contribution in [1.29, 1.82) is 0 Å². The second kappa shape index (κ2) is 5.96. The number of rotatable bonds is 5. The molecule has 1 aromatic rings. The van der Waals surface area contributed by atoms with Crippen molar-refractivity contribution in [2.45, 2.75) is 39.2 Å². The molecule has 18 heavy (non-hydrogen) atoms. The summed E-state index contributed by atoms with van der Waals surface area (Å²) in [6.07, 6.45) is 1.81. The minimum atomic E-state index is -0.154. The molecule has 1 rings (SSSR count). The molecular formula is C14H20N2OS. The van der Waals surface area contributed by atoms with Crippen molar-refractivity contribution in [3.8, 4) is 0 Å². The van der Waals surface area contributed by atoms with E-state index in [4.69, 9.17) is 18.0 Å². The Bertz CT molecular complexity index is 436. The van der Waals surface area contributed by atoms with Gasteiger partial charge in [-0.1, -0.05) is 38.2 Å². The highest BCUT2D eigenvalue weighted by Crippen LogP contribution is 2.15. The van der Waals surface area contributed by atoms with Gasteiger partial charge in [0.25, 0.3) is 5.91 Å². The van der Waals surface area contributed by atoms with Gasteiger partial charge in [-0.25, -0.2) is 0 Å². The van der Waals surface area contributed by atoms with Crippen molar-refractivity contribution in [1.82, 2.24) is 5.32 Å². The molecule has 0 radical (unpaired) electrons. The van der Waals surface area contributed by atoms with Crippen LogP contribution in [0.25, 0.3) is 0 Å². The maximum atomic E-state index is 12.1. The lowest BCUT2D eigenvalue weighted by molar-refractivity contribution is 0.0901. The zero-order valence-electron chi connectivity index (χ0n) is 11.1. The molecule has 3 nitrogen and oxygen atoms in total. The number of hydrogen-bond donors (Lipinski definition) is 2. The molecule has 1 aromatic carbocycles. The van der Waals surface area contributed by atoms with Gasteiger partial charge in [-0.15, -0.1) is 0 Å². The van der Waals surface area contributed by atoms with Gasteiger partial charge in [0.2, 0.25) is 0 Å². The molecule has 0 unspecified atom stereocenters. The number of hydrogen-bond acceptors (Lipinski definition) is 2. The topological polar surface area (TPSA) is 55.1 Å². The zero-order valence-corrected chi connectivity index (χ0v) is 11.9. The number of nitrogens with two attached hydrogens (primary N) is 1. The van der Waals surface area contributed by atoms with Crippen LogP contribution in [0, 0.1) is 0 Å². The van der Waals surface area contributed by atoms with Crippen LogP contribution in [0.15, 0.2) is 24.3 Å². The SMILES string of the molecule is CCC(C)(CC)NC(=O)c1ccc(C(N)=S)cc1. The average Bonchev–Trinajstić information content (AvgIpc) is 2.38. The average molecular weight is 264 g/mol. The smallest absolute Gasteiger partial charge is 0.251 e. The summed E-state index contributed by atoms with van der Waals surface area (Å²) in [5.41, 5.74) is 6.76. The molecule has 0 aliphatic carbocycles. The van der Waals surface area contributed by atoms with Crippen LogP contribution < -0.4 is 11.1 Å². The van der Waals surface area contributed by atoms with Crippen molar-refractivity contribution >= 4 is 23.1 Å². The Hall–Kier alpha value is -1.42. The number of amides is 1. The molecule has 0 bridgehead atoms. The Morgan fingerprint density at radius 1 is 1.22 bits per heavy atom. The summed E-state index contributed by atoms with van der Waals surface area (Å²) in [5, 5.41) is 3.05. The molecule has 4 heteroatoms. The van der Waals surface area contributed by atoms with Gasteiger partial charge in [-0.3, -0.25) is 4.79 Å². The molecule has 0 saturated carbocycles. The summed E-state index contributed by atoms with van der Waals surface area (Å²) in [6, 6.07) is 7.03. The molecule has 0 fully saturated rings. The Kier molecular flexibility index (Phi) is 4.84. The van der Waals surface area contributed by atoms with E-state index in [0.29, 0.717) is 10.6 Å². The summed E-state index contributed by atoms with van der Waals surface area (Å²) in [6.45, 7) is 6.19. The van der Waals surface area contributed by atoms with Crippen molar-refractivity contribution in [2.24, 2.45) is 5.73 Å². The zero-order chi connectivity index (χ0) is 13.8. The summed E-state index contributed by atoms with van der Waals surface area (Å²) in [7, 11) is 0. The quantitative estimate of drug-likeness (QED) is 0.804. The first-order valence-electron chi connectivity index (χ1n) is 6.14. The van der Waals surface area contributed by atoms with Gasteiger partial charge in [0.1, 0.15) is 4.99 Å². The van der Waals surface area contributed by atoms with Crippen molar-refractivity contribution in [2.75, 3.05) is 0 Å². The number of carbonyl (C=O) groups excluding carboxylic acids is 1. The fourth-order valence-corrected chi connectivity index (χ4v) is 1.69. The van der Waals surface area contributed by atoms with Gasteiger partial charge < -0.3 is 11.1 Å². The third-order valence-electron chi connectivity index (χ3n) is 3.41. The van der Waals surface area contributed by atoms with Crippen LogP contribution in [-0.4, -0.2) is 16.4 Å². The predicted molar refractivity (Wildman–Crippen MR) is 78.8 cm³/mol. The van der Waals surface area contributed by atoms with Crippen LogP contribution in [0.2, 0.25) is 0 Å². The first-order valence-corrected chi connectivity index (χ1v) is 6.55. The monoisotopic (exact) mass is 264 g/mol. The minimum absolute atomic E-state index is 0.0595. The van der Waals surface area contributed by atoms with Crippen LogP contribution in [-0.2, 0) is 0 Å². The van der Waals surface area contributed by atoms with Gasteiger partial charge >= 0.3 is 0 Å². The van der Waals surface area contributed by atoms with E-state index < -0.39 is 0 Å². The molecule has 98 valence electrons. The molecule has 0 spiro atoms. The number of thiocarbonyl (C=S) groups is 1. The Balaban J connectivity index is 2.82. The lowest BCUT2D eigenvalue weighted by Crippen LogP contribution is -2.44. The lowest BCUT2D eigenvalue weighted by Gasteiger charge is -2.28. The number of carbonyl (C=O) groups is 1. The normalized spacial score (nSPS) is 11.1. The molecule has 0 aliphatic rings. The van der Waals surface area contributed by atoms with E-state index in [1.54, 1.807) is 24.3 Å². The first kappa shape index (κ1) is 14.6. The maximum absolute atomic E-state index is 12.1. The number of nitrogens with one attached hydrogen (secondary N) is 1. The molecule has 3 N–H and O–H groups in total. The van der Waals surface area contributed by atoms with Gasteiger partial charge in [0, 0.05) is 16.7 Å². The predicted octanol–water partition coefficient (Wildman–Crippen LogP) is 2.63. The highest BCUT2D eigenvalue weighted by molar-refractivity contribution is 7.80. The van der Waals surface area contributed by atoms with E-state index in [0.717, 1.165) is 18.4 Å². The molecule has 1 amide bonds. The Labute approximate surface area is 114 Å². The third-order valence-corrected chi connectivity index (χ3v) is 3.64. The van der Waals surface area contributed by atoms with E-state index in [1.807, 2.05) is 6.92 Å². The van der Waals surface area contributed by atoms with Gasteiger partial charge in [0.05, 0.1) is 0 Å². The lowest BCUT2D eigenvalue weighted by atomic mass is 9.95. The minimum Gasteiger partial charge on any atom is -0.389 e. The standard InChI is InChI=1S/C14H20N2OS/c1-4-14(3,5-2)16-13(17)11-8-6-10(7-9-11)12(15)18/h6-9H,4-5H2,1-3H3,(H2,15,18)(H,16,17). The van der Waals surface area contributed by atoms with Gasteiger partial charge in [-0.05, 0) is 31.9 Å². The van der Waals surface area contributed by atoms with Crippen molar-refractivity contribution in [3.05, 3.63) is 35.4 Å². The molecule has 0 atom stereocenters. The summed E-state index contributed by atoms with van der Waals surface area (Å²) >= 11 is 4.87. The Morgan fingerprint density at radius 3 is 2.06 bits per heavy atom. The molecule has 0 saturated heterocycles. The van der Waals surface area contributed by atoms with E-state index >= 15 is 0 Å². The van der Waals surface area contributed by atoms with Gasteiger partial charge in [-0.2, -0.15) is 0 Å². The van der Waals surface area contributed by atoms with Crippen LogP contribution >= 0.6 is 12.2 Å². The summed E-state index contributed by atoms with van der Waals surface area (Å²) < 4.78 is 0. The molecule has 0 aliphatic heterocycles. The van der Waals surface area contributed by atoms with Gasteiger partial charge in [0.15, 0.2) is 0 Å². The largest absolute Gasteiger partial charge is 0.389 e. The van der Waals surface area contributed by atoms with Crippen LogP contribution in [0.5, 0.6) is 0 Å². The molecule has 0 aromatic heterocycles. The highest BCUT2D eigenvalue weighted by atomic mass is 32.1. The third kappa shape index (κ3) is 3.53. The summed E-state index contributed by atoms with van der Waals surface area (Å²) in [4.78, 5) is 12.4. The first-order chi connectivity index (χ1) is 8.41. The van der Waals surface area contributed by atoms with Crippen LogP contribution in [0.1, 0.15) is 49.5 Å². The van der Waals surface area contributed by atoms with Crippen molar-refractivity contribution in [3.63, 3.8) is 0 Å². The highest BCUT2D eigenvalue weighted by Gasteiger charge is 2.22. The fraction of sp³-hybridized carbons (Fsp3) is 0.429. The van der Waals surface area contributed by atoms with E-state index in [1.165, 1.54) is 0 Å². The Morgan fingerprint density at radius 2 is 1.67 bits per heavy atom. The molecule has 0 heterocycles. The second-order valence-corrected chi connectivity index (χ2v) is 5.10. The van der Waals surface area contributed by atoms with E-state index in [2.05, 4.69) is 19.2 Å².